The van der Waals surface area contributed by atoms with E-state index in [0.717, 1.165) is 0 Å². The Morgan fingerprint density at radius 3 is 1.80 bits per heavy atom. The van der Waals surface area contributed by atoms with Crippen LogP contribution in [0.3, 0.4) is 0 Å². The zero-order valence-corrected chi connectivity index (χ0v) is 6.81. The van der Waals surface area contributed by atoms with Crippen LogP contribution in [-0.2, 0) is 9.47 Å². The summed E-state index contributed by atoms with van der Waals surface area (Å²) in [6, 6.07) is 0. The van der Waals surface area contributed by atoms with E-state index in [1.165, 1.54) is 0 Å². The van der Waals surface area contributed by atoms with E-state index in [0.29, 0.717) is 13.2 Å². The van der Waals surface area contributed by atoms with Crippen LogP contribution in [0.4, 0.5) is 0 Å². The second-order valence-corrected chi connectivity index (χ2v) is 3.63. The van der Waals surface area contributed by atoms with E-state index >= 15 is 0 Å². The highest BCUT2D eigenvalue weighted by molar-refractivity contribution is 4.82. The minimum absolute atomic E-state index is 0.310. The quantitative estimate of drug-likeness (QED) is 0.539. The second kappa shape index (κ2) is 2.19. The molecular formula is C7H15NO2. The van der Waals surface area contributed by atoms with Crippen molar-refractivity contribution in [2.24, 2.45) is 5.73 Å². The Balaban J connectivity index is 2.46. The van der Waals surface area contributed by atoms with Crippen LogP contribution in [0.2, 0.25) is 0 Å². The molecular weight excluding hydrogens is 130 g/mol. The second-order valence-electron chi connectivity index (χ2n) is 3.63. The van der Waals surface area contributed by atoms with Crippen molar-refractivity contribution in [3.05, 3.63) is 0 Å². The SMILES string of the molecule is CC1(N)COC(C)(C)OC1. The average Bonchev–Trinajstić information content (AvgIpc) is 1.79. The Morgan fingerprint density at radius 1 is 1.10 bits per heavy atom. The predicted octanol–water partition coefficient (Wildman–Crippen LogP) is 0.487. The Kier molecular flexibility index (Phi) is 1.75. The highest BCUT2D eigenvalue weighted by atomic mass is 16.7. The van der Waals surface area contributed by atoms with Gasteiger partial charge in [0.05, 0.1) is 18.8 Å². The predicted molar refractivity (Wildman–Crippen MR) is 38.6 cm³/mol. The summed E-state index contributed by atoms with van der Waals surface area (Å²) in [5.74, 6) is -0.446. The van der Waals surface area contributed by atoms with Gasteiger partial charge in [-0.25, -0.2) is 0 Å². The molecule has 10 heavy (non-hydrogen) atoms. The van der Waals surface area contributed by atoms with Gasteiger partial charge in [0.15, 0.2) is 5.79 Å². The summed E-state index contributed by atoms with van der Waals surface area (Å²) < 4.78 is 10.7. The highest BCUT2D eigenvalue weighted by Gasteiger charge is 2.33. The first-order chi connectivity index (χ1) is 4.41. The molecule has 1 aliphatic heterocycles. The van der Waals surface area contributed by atoms with Gasteiger partial charge in [0.1, 0.15) is 0 Å². The topological polar surface area (TPSA) is 44.5 Å². The molecule has 0 aromatic heterocycles. The number of rotatable bonds is 0. The molecule has 60 valence electrons. The van der Waals surface area contributed by atoms with E-state index in [9.17, 15) is 0 Å². The number of hydrogen-bond donors (Lipinski definition) is 1. The third kappa shape index (κ3) is 1.94. The van der Waals surface area contributed by atoms with E-state index in [1.54, 1.807) is 0 Å². The highest BCUT2D eigenvalue weighted by Crippen LogP contribution is 2.20. The van der Waals surface area contributed by atoms with Crippen molar-refractivity contribution in [2.45, 2.75) is 32.1 Å². The maximum atomic E-state index is 5.75. The van der Waals surface area contributed by atoms with Gasteiger partial charge >= 0.3 is 0 Å². The van der Waals surface area contributed by atoms with Crippen molar-refractivity contribution >= 4 is 0 Å². The van der Waals surface area contributed by atoms with Crippen molar-refractivity contribution in [2.75, 3.05) is 13.2 Å². The summed E-state index contributed by atoms with van der Waals surface area (Å²) in [6.45, 7) is 6.84. The van der Waals surface area contributed by atoms with E-state index in [4.69, 9.17) is 15.2 Å². The van der Waals surface area contributed by atoms with Crippen molar-refractivity contribution < 1.29 is 9.47 Å². The molecule has 3 heteroatoms. The maximum absolute atomic E-state index is 5.75. The number of hydrogen-bond acceptors (Lipinski definition) is 3. The van der Waals surface area contributed by atoms with E-state index < -0.39 is 5.79 Å². The van der Waals surface area contributed by atoms with Crippen LogP contribution in [0.25, 0.3) is 0 Å². The van der Waals surface area contributed by atoms with Gasteiger partial charge < -0.3 is 15.2 Å². The first-order valence-electron chi connectivity index (χ1n) is 3.48. The molecule has 0 aliphatic carbocycles. The number of ether oxygens (including phenoxy) is 2. The monoisotopic (exact) mass is 145 g/mol. The van der Waals surface area contributed by atoms with Crippen LogP contribution < -0.4 is 5.73 Å². The Hall–Kier alpha value is -0.120. The zero-order chi connectivity index (χ0) is 7.83. The number of nitrogens with two attached hydrogens (primary N) is 1. The van der Waals surface area contributed by atoms with Crippen molar-refractivity contribution in [1.82, 2.24) is 0 Å². The third-order valence-corrected chi connectivity index (χ3v) is 1.50. The van der Waals surface area contributed by atoms with Gasteiger partial charge in [0, 0.05) is 0 Å². The van der Waals surface area contributed by atoms with Crippen LogP contribution >= 0.6 is 0 Å². The lowest BCUT2D eigenvalue weighted by atomic mass is 10.1. The smallest absolute Gasteiger partial charge is 0.162 e. The molecule has 1 rings (SSSR count). The Bertz CT molecular complexity index is 104. The molecule has 1 saturated heterocycles. The average molecular weight is 145 g/mol. The zero-order valence-electron chi connectivity index (χ0n) is 6.81. The molecule has 0 atom stereocenters. The van der Waals surface area contributed by atoms with Gasteiger partial charge in [-0.15, -0.1) is 0 Å². The molecule has 0 bridgehead atoms. The molecule has 0 radical (unpaired) electrons. The van der Waals surface area contributed by atoms with E-state index in [-0.39, 0.29) is 5.54 Å². The maximum Gasteiger partial charge on any atom is 0.162 e. The Morgan fingerprint density at radius 2 is 1.50 bits per heavy atom. The molecule has 0 aromatic carbocycles. The molecule has 0 spiro atoms. The van der Waals surface area contributed by atoms with Gasteiger partial charge in [-0.3, -0.25) is 0 Å². The summed E-state index contributed by atoms with van der Waals surface area (Å²) >= 11 is 0. The largest absolute Gasteiger partial charge is 0.349 e. The molecule has 1 fully saturated rings. The molecule has 0 aromatic rings. The molecule has 1 aliphatic rings. The van der Waals surface area contributed by atoms with Gasteiger partial charge in [-0.1, -0.05) is 0 Å². The molecule has 0 amide bonds. The molecule has 3 nitrogen and oxygen atoms in total. The standard InChI is InChI=1S/C7H15NO2/c1-6(2)9-4-7(3,8)5-10-6/h4-5,8H2,1-3H3. The van der Waals surface area contributed by atoms with Crippen LogP contribution in [0, 0.1) is 0 Å². The van der Waals surface area contributed by atoms with Crippen LogP contribution in [0.15, 0.2) is 0 Å². The third-order valence-electron chi connectivity index (χ3n) is 1.50. The normalized spacial score (nSPS) is 30.0. The molecule has 1 heterocycles. The Labute approximate surface area is 61.5 Å². The minimum atomic E-state index is -0.446. The fourth-order valence-electron chi connectivity index (χ4n) is 0.761. The minimum Gasteiger partial charge on any atom is -0.349 e. The van der Waals surface area contributed by atoms with Crippen LogP contribution in [0.5, 0.6) is 0 Å². The summed E-state index contributed by atoms with van der Waals surface area (Å²) in [7, 11) is 0. The van der Waals surface area contributed by atoms with Gasteiger partial charge in [-0.2, -0.15) is 0 Å². The first kappa shape index (κ1) is 7.98. The van der Waals surface area contributed by atoms with Crippen molar-refractivity contribution in [3.63, 3.8) is 0 Å². The summed E-state index contributed by atoms with van der Waals surface area (Å²) in [6.07, 6.45) is 0. The fourth-order valence-corrected chi connectivity index (χ4v) is 0.761. The summed E-state index contributed by atoms with van der Waals surface area (Å²) in [5.41, 5.74) is 5.44. The molecule has 2 N–H and O–H groups in total. The lowest BCUT2D eigenvalue weighted by molar-refractivity contribution is -0.264. The van der Waals surface area contributed by atoms with Crippen LogP contribution in [-0.4, -0.2) is 24.5 Å². The lowest BCUT2D eigenvalue weighted by Crippen LogP contribution is -2.54. The summed E-state index contributed by atoms with van der Waals surface area (Å²) in [5, 5.41) is 0. The molecule has 0 unspecified atom stereocenters. The van der Waals surface area contributed by atoms with Gasteiger partial charge in [-0.05, 0) is 20.8 Å². The molecule has 0 saturated carbocycles. The fraction of sp³-hybridized carbons (Fsp3) is 1.00. The van der Waals surface area contributed by atoms with E-state index in [2.05, 4.69) is 0 Å². The van der Waals surface area contributed by atoms with Crippen molar-refractivity contribution in [3.8, 4) is 0 Å². The van der Waals surface area contributed by atoms with Gasteiger partial charge in [0.2, 0.25) is 0 Å². The van der Waals surface area contributed by atoms with Crippen LogP contribution in [0.1, 0.15) is 20.8 Å². The van der Waals surface area contributed by atoms with Crippen molar-refractivity contribution in [1.29, 1.82) is 0 Å². The lowest BCUT2D eigenvalue weighted by Gasteiger charge is -2.39. The summed E-state index contributed by atoms with van der Waals surface area (Å²) in [4.78, 5) is 0. The first-order valence-corrected chi connectivity index (χ1v) is 3.48. The van der Waals surface area contributed by atoms with Gasteiger partial charge in [0.25, 0.3) is 0 Å². The van der Waals surface area contributed by atoms with E-state index in [1.807, 2.05) is 20.8 Å².